The van der Waals surface area contributed by atoms with Crippen molar-refractivity contribution in [3.05, 3.63) is 41.1 Å². The second kappa shape index (κ2) is 5.14. The SMILES string of the molecule is Cc1cccc(N(C)c2c(CBr)c(C)nn2C)c1. The van der Waals surface area contributed by atoms with E-state index in [1.807, 2.05) is 18.7 Å². The van der Waals surface area contributed by atoms with E-state index in [1.165, 1.54) is 16.8 Å². The minimum atomic E-state index is 0.818. The molecule has 0 saturated heterocycles. The van der Waals surface area contributed by atoms with Gasteiger partial charge in [0.15, 0.2) is 0 Å². The van der Waals surface area contributed by atoms with Crippen molar-refractivity contribution >= 4 is 27.4 Å². The Labute approximate surface area is 117 Å². The summed E-state index contributed by atoms with van der Waals surface area (Å²) >= 11 is 3.55. The van der Waals surface area contributed by atoms with Crippen molar-refractivity contribution in [2.24, 2.45) is 7.05 Å². The maximum atomic E-state index is 4.50. The van der Waals surface area contributed by atoms with E-state index < -0.39 is 0 Å². The van der Waals surface area contributed by atoms with Gasteiger partial charge in [0.05, 0.1) is 5.69 Å². The zero-order valence-electron chi connectivity index (χ0n) is 11.2. The average molecular weight is 308 g/mol. The fourth-order valence-electron chi connectivity index (χ4n) is 2.22. The Morgan fingerprint density at radius 2 is 2.06 bits per heavy atom. The van der Waals surface area contributed by atoms with Crippen molar-refractivity contribution in [3.8, 4) is 0 Å². The van der Waals surface area contributed by atoms with Gasteiger partial charge >= 0.3 is 0 Å². The topological polar surface area (TPSA) is 21.1 Å². The lowest BCUT2D eigenvalue weighted by Crippen LogP contribution is -2.15. The normalized spacial score (nSPS) is 10.7. The van der Waals surface area contributed by atoms with Crippen molar-refractivity contribution in [1.29, 1.82) is 0 Å². The summed E-state index contributed by atoms with van der Waals surface area (Å²) in [5.41, 5.74) is 4.75. The van der Waals surface area contributed by atoms with Crippen LogP contribution in [0, 0.1) is 13.8 Å². The molecule has 0 saturated carbocycles. The molecular formula is C14H18BrN3. The van der Waals surface area contributed by atoms with Gasteiger partial charge in [0, 0.05) is 30.7 Å². The molecule has 0 atom stereocenters. The molecule has 96 valence electrons. The molecule has 0 aliphatic rings. The van der Waals surface area contributed by atoms with Gasteiger partial charge < -0.3 is 4.90 Å². The molecule has 0 unspecified atom stereocenters. The molecule has 0 amide bonds. The molecule has 0 aliphatic carbocycles. The summed E-state index contributed by atoms with van der Waals surface area (Å²) in [5, 5.41) is 5.31. The highest BCUT2D eigenvalue weighted by Gasteiger charge is 2.16. The fourth-order valence-corrected chi connectivity index (χ4v) is 2.88. The Balaban J connectivity index is 2.48. The van der Waals surface area contributed by atoms with E-state index in [2.05, 4.69) is 64.2 Å². The number of aryl methyl sites for hydroxylation is 3. The number of aromatic nitrogens is 2. The van der Waals surface area contributed by atoms with Crippen molar-refractivity contribution in [3.63, 3.8) is 0 Å². The molecule has 0 bridgehead atoms. The number of halogens is 1. The monoisotopic (exact) mass is 307 g/mol. The Morgan fingerprint density at radius 1 is 1.33 bits per heavy atom. The Morgan fingerprint density at radius 3 is 2.67 bits per heavy atom. The second-order valence-electron chi connectivity index (χ2n) is 4.54. The summed E-state index contributed by atoms with van der Waals surface area (Å²) in [6.45, 7) is 4.15. The lowest BCUT2D eigenvalue weighted by molar-refractivity contribution is 0.750. The Hall–Kier alpha value is -1.29. The van der Waals surface area contributed by atoms with Gasteiger partial charge in [-0.15, -0.1) is 0 Å². The van der Waals surface area contributed by atoms with Gasteiger partial charge in [-0.25, -0.2) is 0 Å². The molecule has 18 heavy (non-hydrogen) atoms. The van der Waals surface area contributed by atoms with Crippen LogP contribution in [-0.2, 0) is 12.4 Å². The first-order valence-corrected chi connectivity index (χ1v) is 7.05. The second-order valence-corrected chi connectivity index (χ2v) is 5.10. The summed E-state index contributed by atoms with van der Waals surface area (Å²) in [6.07, 6.45) is 0. The van der Waals surface area contributed by atoms with Crippen LogP contribution in [-0.4, -0.2) is 16.8 Å². The van der Waals surface area contributed by atoms with Gasteiger partial charge in [0.1, 0.15) is 5.82 Å². The van der Waals surface area contributed by atoms with E-state index in [4.69, 9.17) is 0 Å². The van der Waals surface area contributed by atoms with E-state index in [-0.39, 0.29) is 0 Å². The first kappa shape index (κ1) is 13.1. The van der Waals surface area contributed by atoms with Crippen LogP contribution >= 0.6 is 15.9 Å². The first-order chi connectivity index (χ1) is 8.54. The summed E-state index contributed by atoms with van der Waals surface area (Å²) in [5.74, 6) is 1.13. The standard InChI is InChI=1S/C14H18BrN3/c1-10-6-5-7-12(8-10)17(3)14-13(9-15)11(2)16-18(14)4/h5-8H,9H2,1-4H3. The van der Waals surface area contributed by atoms with Gasteiger partial charge in [0.25, 0.3) is 0 Å². The van der Waals surface area contributed by atoms with Crippen LogP contribution in [0.25, 0.3) is 0 Å². The molecule has 0 aliphatic heterocycles. The van der Waals surface area contributed by atoms with Crippen LogP contribution < -0.4 is 4.90 Å². The largest absolute Gasteiger partial charge is 0.329 e. The number of hydrogen-bond donors (Lipinski definition) is 0. The molecule has 0 spiro atoms. The van der Waals surface area contributed by atoms with Gasteiger partial charge in [-0.1, -0.05) is 28.1 Å². The third kappa shape index (κ3) is 2.29. The number of hydrogen-bond acceptors (Lipinski definition) is 2. The Bertz CT molecular complexity index is 560. The molecule has 0 N–H and O–H groups in total. The average Bonchev–Trinajstić information content (AvgIpc) is 2.62. The molecule has 2 aromatic rings. The zero-order valence-corrected chi connectivity index (χ0v) is 12.8. The van der Waals surface area contributed by atoms with Crippen LogP contribution in [0.1, 0.15) is 16.8 Å². The lowest BCUT2D eigenvalue weighted by atomic mass is 10.2. The smallest absolute Gasteiger partial charge is 0.135 e. The minimum Gasteiger partial charge on any atom is -0.329 e. The summed E-state index contributed by atoms with van der Waals surface area (Å²) in [6, 6.07) is 8.49. The van der Waals surface area contributed by atoms with Crippen LogP contribution in [0.4, 0.5) is 11.5 Å². The molecule has 0 fully saturated rings. The van der Waals surface area contributed by atoms with E-state index in [9.17, 15) is 0 Å². The third-order valence-corrected chi connectivity index (χ3v) is 3.71. The van der Waals surface area contributed by atoms with Crippen molar-refractivity contribution in [2.45, 2.75) is 19.2 Å². The summed E-state index contributed by atoms with van der Waals surface area (Å²) < 4.78 is 1.94. The minimum absolute atomic E-state index is 0.818. The predicted octanol–water partition coefficient (Wildman–Crippen LogP) is 3.70. The number of anilines is 2. The third-order valence-electron chi connectivity index (χ3n) is 3.15. The van der Waals surface area contributed by atoms with Gasteiger partial charge in [-0.3, -0.25) is 4.68 Å². The molecule has 1 aromatic carbocycles. The van der Waals surface area contributed by atoms with E-state index >= 15 is 0 Å². The maximum absolute atomic E-state index is 4.50. The number of nitrogens with zero attached hydrogens (tertiary/aromatic N) is 3. The number of alkyl halides is 1. The molecule has 1 aromatic heterocycles. The quantitative estimate of drug-likeness (QED) is 0.806. The van der Waals surface area contributed by atoms with Gasteiger partial charge in [-0.05, 0) is 31.5 Å². The first-order valence-electron chi connectivity index (χ1n) is 5.93. The van der Waals surface area contributed by atoms with Crippen LogP contribution in [0.2, 0.25) is 0 Å². The van der Waals surface area contributed by atoms with Crippen molar-refractivity contribution in [2.75, 3.05) is 11.9 Å². The molecule has 0 radical (unpaired) electrons. The predicted molar refractivity (Wildman–Crippen MR) is 79.8 cm³/mol. The van der Waals surface area contributed by atoms with Gasteiger partial charge in [0.2, 0.25) is 0 Å². The van der Waals surface area contributed by atoms with Crippen molar-refractivity contribution in [1.82, 2.24) is 9.78 Å². The Kier molecular flexibility index (Phi) is 3.76. The molecule has 3 nitrogen and oxygen atoms in total. The maximum Gasteiger partial charge on any atom is 0.135 e. The van der Waals surface area contributed by atoms with Crippen LogP contribution in [0.3, 0.4) is 0 Å². The van der Waals surface area contributed by atoms with Crippen LogP contribution in [0.15, 0.2) is 24.3 Å². The van der Waals surface area contributed by atoms with Crippen molar-refractivity contribution < 1.29 is 0 Å². The molecular weight excluding hydrogens is 290 g/mol. The van der Waals surface area contributed by atoms with Gasteiger partial charge in [-0.2, -0.15) is 5.10 Å². The fraction of sp³-hybridized carbons (Fsp3) is 0.357. The molecule has 1 heterocycles. The summed E-state index contributed by atoms with van der Waals surface area (Å²) in [4.78, 5) is 2.18. The number of rotatable bonds is 3. The van der Waals surface area contributed by atoms with Crippen LogP contribution in [0.5, 0.6) is 0 Å². The van der Waals surface area contributed by atoms with E-state index in [0.717, 1.165) is 16.8 Å². The van der Waals surface area contributed by atoms with E-state index in [1.54, 1.807) is 0 Å². The zero-order chi connectivity index (χ0) is 13.3. The number of benzene rings is 1. The van der Waals surface area contributed by atoms with E-state index in [0.29, 0.717) is 0 Å². The highest BCUT2D eigenvalue weighted by molar-refractivity contribution is 9.08. The lowest BCUT2D eigenvalue weighted by Gasteiger charge is -2.21. The molecule has 2 rings (SSSR count). The highest BCUT2D eigenvalue weighted by atomic mass is 79.9. The highest BCUT2D eigenvalue weighted by Crippen LogP contribution is 2.30. The molecule has 4 heteroatoms. The summed E-state index contributed by atoms with van der Waals surface area (Å²) in [7, 11) is 4.07.